The Balaban J connectivity index is 0. The number of likely N-dealkylation sites (N-methyl/N-ethyl adjacent to an activating group) is 1. The molecule has 1 fully saturated rings. The molecule has 1 heterocycles. The summed E-state index contributed by atoms with van der Waals surface area (Å²) in [7, 11) is 1.90. The summed E-state index contributed by atoms with van der Waals surface area (Å²) in [4.78, 5) is 16.4. The summed E-state index contributed by atoms with van der Waals surface area (Å²) in [6, 6.07) is 0.0132. The van der Waals surface area contributed by atoms with Crippen molar-refractivity contribution in [2.75, 3.05) is 26.7 Å². The molecule has 1 amide bonds. The molecular weight excluding hydrogens is 285 g/mol. The molecule has 0 spiro atoms. The quantitative estimate of drug-likeness (QED) is 0.860. The van der Waals surface area contributed by atoms with Gasteiger partial charge in [0.2, 0.25) is 5.91 Å². The first-order chi connectivity index (χ1) is 8.01. The van der Waals surface area contributed by atoms with Gasteiger partial charge >= 0.3 is 0 Å². The number of hydrogen-bond acceptors (Lipinski definition) is 3. The van der Waals surface area contributed by atoms with E-state index in [-0.39, 0.29) is 36.8 Å². The molecule has 0 aromatic heterocycles. The minimum Gasteiger partial charge on any atom is -0.341 e. The fourth-order valence-corrected chi connectivity index (χ4v) is 2.68. The van der Waals surface area contributed by atoms with Crippen LogP contribution in [0.15, 0.2) is 0 Å². The number of halogens is 2. The molecule has 0 radical (unpaired) electrons. The van der Waals surface area contributed by atoms with E-state index in [9.17, 15) is 4.79 Å². The SMILES string of the molecule is CC[C@H](N)C(=O)N(C)C1CCN(CC)CC1C.Cl.Cl. The zero-order valence-corrected chi connectivity index (χ0v) is 14.1. The van der Waals surface area contributed by atoms with Crippen molar-refractivity contribution in [3.05, 3.63) is 0 Å². The molecule has 1 aliphatic heterocycles. The molecule has 2 N–H and O–H groups in total. The lowest BCUT2D eigenvalue weighted by molar-refractivity contribution is -0.135. The maximum atomic E-state index is 12.1. The van der Waals surface area contributed by atoms with Crippen LogP contribution < -0.4 is 5.73 Å². The second-order valence-electron chi connectivity index (χ2n) is 5.19. The number of carbonyl (C=O) groups is 1. The van der Waals surface area contributed by atoms with Crippen molar-refractivity contribution < 1.29 is 4.79 Å². The Morgan fingerprint density at radius 1 is 1.42 bits per heavy atom. The molecule has 0 aromatic carbocycles. The van der Waals surface area contributed by atoms with Gasteiger partial charge in [-0.25, -0.2) is 0 Å². The van der Waals surface area contributed by atoms with Gasteiger partial charge < -0.3 is 15.5 Å². The second kappa shape index (κ2) is 9.81. The van der Waals surface area contributed by atoms with Gasteiger partial charge in [0.15, 0.2) is 0 Å². The predicted molar refractivity (Wildman–Crippen MR) is 85.2 cm³/mol. The molecule has 1 rings (SSSR count). The number of nitrogens with zero attached hydrogens (tertiary/aromatic N) is 2. The van der Waals surface area contributed by atoms with Crippen LogP contribution in [0.5, 0.6) is 0 Å². The molecule has 116 valence electrons. The second-order valence-corrected chi connectivity index (χ2v) is 5.19. The lowest BCUT2D eigenvalue weighted by Crippen LogP contribution is -2.53. The van der Waals surface area contributed by atoms with Crippen molar-refractivity contribution in [1.29, 1.82) is 0 Å². The molecule has 1 saturated heterocycles. The van der Waals surface area contributed by atoms with Crippen LogP contribution in [0.3, 0.4) is 0 Å². The number of rotatable bonds is 4. The Hall–Kier alpha value is -0.0300. The van der Waals surface area contributed by atoms with Gasteiger partial charge in [-0.15, -0.1) is 24.8 Å². The standard InChI is InChI=1S/C13H27N3O.2ClH/c1-5-11(14)13(17)15(4)12-7-8-16(6-2)9-10(12)3;;/h10-12H,5-9,14H2,1-4H3;2*1H/t10?,11-,12?;;/m0../s1. The minimum absolute atomic E-state index is 0. The zero-order chi connectivity index (χ0) is 13.0. The zero-order valence-electron chi connectivity index (χ0n) is 12.5. The Morgan fingerprint density at radius 2 is 2.00 bits per heavy atom. The van der Waals surface area contributed by atoms with Crippen molar-refractivity contribution in [2.24, 2.45) is 11.7 Å². The Morgan fingerprint density at radius 3 is 2.42 bits per heavy atom. The summed E-state index contributed by atoms with van der Waals surface area (Å²) in [6.07, 6.45) is 1.78. The Bertz CT molecular complexity index is 266. The summed E-state index contributed by atoms with van der Waals surface area (Å²) < 4.78 is 0. The van der Waals surface area contributed by atoms with Gasteiger partial charge in [-0.3, -0.25) is 4.79 Å². The normalized spacial score (nSPS) is 24.9. The van der Waals surface area contributed by atoms with Gasteiger partial charge in [0, 0.05) is 26.2 Å². The number of carbonyl (C=O) groups excluding carboxylic acids is 1. The van der Waals surface area contributed by atoms with Gasteiger partial charge in [-0.05, 0) is 25.3 Å². The third-order valence-electron chi connectivity index (χ3n) is 3.99. The molecule has 0 bridgehead atoms. The van der Waals surface area contributed by atoms with Gasteiger partial charge in [0.25, 0.3) is 0 Å². The lowest BCUT2D eigenvalue weighted by atomic mass is 9.92. The third-order valence-corrected chi connectivity index (χ3v) is 3.99. The molecule has 0 aromatic rings. The first-order valence-corrected chi connectivity index (χ1v) is 6.75. The molecule has 0 aliphatic carbocycles. The predicted octanol–water partition coefficient (Wildman–Crippen LogP) is 1.76. The van der Waals surface area contributed by atoms with E-state index in [0.717, 1.165) is 26.1 Å². The minimum atomic E-state index is -0.337. The van der Waals surface area contributed by atoms with Crippen molar-refractivity contribution in [1.82, 2.24) is 9.80 Å². The van der Waals surface area contributed by atoms with E-state index in [1.165, 1.54) is 0 Å². The average Bonchev–Trinajstić information content (AvgIpc) is 2.35. The third kappa shape index (κ3) is 5.46. The fourth-order valence-electron chi connectivity index (χ4n) is 2.68. The van der Waals surface area contributed by atoms with E-state index in [2.05, 4.69) is 18.7 Å². The van der Waals surface area contributed by atoms with Crippen LogP contribution in [0.2, 0.25) is 0 Å². The van der Waals surface area contributed by atoms with Crippen molar-refractivity contribution >= 4 is 30.7 Å². The molecule has 0 saturated carbocycles. The summed E-state index contributed by atoms with van der Waals surface area (Å²) in [5.74, 6) is 0.621. The highest BCUT2D eigenvalue weighted by Gasteiger charge is 2.31. The number of likely N-dealkylation sites (tertiary alicyclic amines) is 1. The summed E-state index contributed by atoms with van der Waals surface area (Å²) >= 11 is 0. The average molecular weight is 314 g/mol. The van der Waals surface area contributed by atoms with E-state index in [1.54, 1.807) is 0 Å². The smallest absolute Gasteiger partial charge is 0.239 e. The maximum absolute atomic E-state index is 12.1. The molecule has 2 unspecified atom stereocenters. The topological polar surface area (TPSA) is 49.6 Å². The van der Waals surface area contributed by atoms with E-state index >= 15 is 0 Å². The van der Waals surface area contributed by atoms with Crippen LogP contribution >= 0.6 is 24.8 Å². The number of amides is 1. The number of piperidine rings is 1. The van der Waals surface area contributed by atoms with E-state index < -0.39 is 0 Å². The summed E-state index contributed by atoms with van der Waals surface area (Å²) in [5.41, 5.74) is 5.82. The van der Waals surface area contributed by atoms with Crippen molar-refractivity contribution in [2.45, 2.75) is 45.7 Å². The van der Waals surface area contributed by atoms with Crippen LogP contribution in [0, 0.1) is 5.92 Å². The first kappa shape index (κ1) is 21.3. The van der Waals surface area contributed by atoms with Gasteiger partial charge in [-0.2, -0.15) is 0 Å². The lowest BCUT2D eigenvalue weighted by Gasteiger charge is -2.41. The first-order valence-electron chi connectivity index (χ1n) is 6.75. The fraction of sp³-hybridized carbons (Fsp3) is 0.923. The van der Waals surface area contributed by atoms with Crippen LogP contribution in [0.4, 0.5) is 0 Å². The van der Waals surface area contributed by atoms with Crippen LogP contribution in [-0.2, 0) is 4.79 Å². The van der Waals surface area contributed by atoms with E-state index in [0.29, 0.717) is 18.4 Å². The van der Waals surface area contributed by atoms with Crippen molar-refractivity contribution in [3.8, 4) is 0 Å². The van der Waals surface area contributed by atoms with E-state index in [4.69, 9.17) is 5.73 Å². The summed E-state index contributed by atoms with van der Waals surface area (Å²) in [5, 5.41) is 0. The highest BCUT2D eigenvalue weighted by Crippen LogP contribution is 2.21. The molecular formula is C13H29Cl2N3O. The van der Waals surface area contributed by atoms with E-state index in [1.807, 2.05) is 18.9 Å². The van der Waals surface area contributed by atoms with Crippen LogP contribution in [-0.4, -0.2) is 54.5 Å². The highest BCUT2D eigenvalue weighted by molar-refractivity contribution is 5.85. The Kier molecular flexibility index (Phi) is 11.0. The van der Waals surface area contributed by atoms with Gasteiger partial charge in [0.05, 0.1) is 6.04 Å². The van der Waals surface area contributed by atoms with Crippen molar-refractivity contribution in [3.63, 3.8) is 0 Å². The summed E-state index contributed by atoms with van der Waals surface area (Å²) in [6.45, 7) is 9.65. The molecule has 4 nitrogen and oxygen atoms in total. The monoisotopic (exact) mass is 313 g/mol. The Labute approximate surface area is 129 Å². The molecule has 3 atom stereocenters. The van der Waals surface area contributed by atoms with Crippen LogP contribution in [0.25, 0.3) is 0 Å². The number of nitrogens with two attached hydrogens (primary N) is 1. The van der Waals surface area contributed by atoms with Gasteiger partial charge in [-0.1, -0.05) is 20.8 Å². The maximum Gasteiger partial charge on any atom is 0.239 e. The van der Waals surface area contributed by atoms with Gasteiger partial charge in [0.1, 0.15) is 0 Å². The molecule has 1 aliphatic rings. The molecule has 19 heavy (non-hydrogen) atoms. The largest absolute Gasteiger partial charge is 0.341 e. The highest BCUT2D eigenvalue weighted by atomic mass is 35.5. The number of hydrogen-bond donors (Lipinski definition) is 1. The molecule has 6 heteroatoms. The van der Waals surface area contributed by atoms with Crippen LogP contribution in [0.1, 0.15) is 33.6 Å².